The van der Waals surface area contributed by atoms with E-state index in [2.05, 4.69) is 17.2 Å². The van der Waals surface area contributed by atoms with E-state index in [1.165, 1.54) is 11.3 Å². The molecule has 3 aromatic rings. The Balaban J connectivity index is 1.98. The van der Waals surface area contributed by atoms with Gasteiger partial charge in [-0.15, -0.1) is 17.9 Å². The van der Waals surface area contributed by atoms with Crippen molar-refractivity contribution < 1.29 is 14.7 Å². The number of benzene rings is 1. The lowest BCUT2D eigenvalue weighted by Crippen LogP contribution is -2.07. The van der Waals surface area contributed by atoms with Gasteiger partial charge in [-0.25, -0.2) is 9.97 Å². The topological polar surface area (TPSA) is 104 Å². The Bertz CT molecular complexity index is 1060. The lowest BCUT2D eigenvalue weighted by atomic mass is 10.1. The zero-order valence-electron chi connectivity index (χ0n) is 16.5. The summed E-state index contributed by atoms with van der Waals surface area (Å²) in [4.78, 5) is 31.9. The fourth-order valence-corrected chi connectivity index (χ4v) is 3.80. The summed E-state index contributed by atoms with van der Waals surface area (Å²) < 4.78 is 0. The molecule has 2 heterocycles. The molecular formula is C22H22N4O3S. The fraction of sp³-hybridized carbons (Fsp3) is 0.182. The number of anilines is 3. The minimum Gasteiger partial charge on any atom is -0.481 e. The Labute approximate surface area is 178 Å². The molecule has 1 aromatic carbocycles. The number of carbonyl (C=O) groups is 2. The first-order valence-electron chi connectivity index (χ1n) is 9.42. The number of nitrogens with one attached hydrogen (secondary N) is 2. The highest BCUT2D eigenvalue weighted by molar-refractivity contribution is 7.19. The third kappa shape index (κ3) is 5.09. The van der Waals surface area contributed by atoms with Crippen LogP contribution in [-0.2, 0) is 28.9 Å². The molecule has 3 rings (SSSR count). The van der Waals surface area contributed by atoms with Crippen molar-refractivity contribution in [3.63, 3.8) is 0 Å². The number of amides is 1. The molecule has 0 spiro atoms. The van der Waals surface area contributed by atoms with Gasteiger partial charge in [-0.05, 0) is 42.7 Å². The van der Waals surface area contributed by atoms with Gasteiger partial charge < -0.3 is 15.7 Å². The van der Waals surface area contributed by atoms with Gasteiger partial charge >= 0.3 is 5.97 Å². The molecule has 30 heavy (non-hydrogen) atoms. The number of thiophene rings is 1. The molecule has 7 nitrogen and oxygen atoms in total. The number of carbonyl (C=O) groups excluding carboxylic acids is 1. The highest BCUT2D eigenvalue weighted by Crippen LogP contribution is 2.32. The van der Waals surface area contributed by atoms with Gasteiger partial charge in [0.25, 0.3) is 0 Å². The normalized spacial score (nSPS) is 10.4. The quantitative estimate of drug-likeness (QED) is 0.330. The lowest BCUT2D eigenvalue weighted by Gasteiger charge is -2.15. The van der Waals surface area contributed by atoms with Crippen LogP contribution in [0.15, 0.2) is 49.1 Å². The number of carboxylic acid groups (broad SMARTS) is 1. The summed E-state index contributed by atoms with van der Waals surface area (Å²) in [5, 5.41) is 15.6. The van der Waals surface area contributed by atoms with E-state index in [1.54, 1.807) is 12.1 Å². The first-order valence-corrected chi connectivity index (χ1v) is 10.2. The van der Waals surface area contributed by atoms with E-state index in [0.29, 0.717) is 24.5 Å². The van der Waals surface area contributed by atoms with Crippen LogP contribution in [0.2, 0.25) is 0 Å². The number of hydrogen-bond donors (Lipinski definition) is 3. The van der Waals surface area contributed by atoms with Crippen molar-refractivity contribution in [3.05, 3.63) is 65.9 Å². The molecule has 1 amide bonds. The van der Waals surface area contributed by atoms with Crippen molar-refractivity contribution in [1.29, 1.82) is 0 Å². The van der Waals surface area contributed by atoms with Crippen LogP contribution >= 0.6 is 11.3 Å². The molecule has 3 N–H and O–H groups in total. The van der Waals surface area contributed by atoms with E-state index >= 15 is 0 Å². The molecule has 0 saturated heterocycles. The molecule has 0 aliphatic rings. The molecule has 0 fully saturated rings. The summed E-state index contributed by atoms with van der Waals surface area (Å²) >= 11 is 1.40. The van der Waals surface area contributed by atoms with Crippen molar-refractivity contribution in [2.75, 3.05) is 10.6 Å². The largest absolute Gasteiger partial charge is 0.481 e. The molecule has 0 radical (unpaired) electrons. The molecule has 2 aromatic heterocycles. The molecule has 0 bridgehead atoms. The smallest absolute Gasteiger partial charge is 0.307 e. The second-order valence-corrected chi connectivity index (χ2v) is 7.57. The number of carboxylic acids is 1. The van der Waals surface area contributed by atoms with E-state index in [4.69, 9.17) is 15.1 Å². The third-order valence-electron chi connectivity index (χ3n) is 4.38. The van der Waals surface area contributed by atoms with E-state index in [9.17, 15) is 9.59 Å². The maximum atomic E-state index is 10.9. The Morgan fingerprint density at radius 2 is 1.97 bits per heavy atom. The van der Waals surface area contributed by atoms with Crippen molar-refractivity contribution in [1.82, 2.24) is 9.97 Å². The molecule has 0 atom stereocenters. The van der Waals surface area contributed by atoms with E-state index in [1.807, 2.05) is 37.3 Å². The molecule has 0 aliphatic carbocycles. The number of hydrogen-bond acceptors (Lipinski definition) is 6. The highest BCUT2D eigenvalue weighted by Gasteiger charge is 2.15. The average molecular weight is 423 g/mol. The number of aromatic nitrogens is 2. The number of allylic oxidation sites excluding steroid dienone is 1. The number of aryl methyl sites for hydroxylation is 1. The average Bonchev–Trinajstić information content (AvgIpc) is 3.19. The van der Waals surface area contributed by atoms with Gasteiger partial charge in [0.1, 0.15) is 5.82 Å². The Kier molecular flexibility index (Phi) is 6.92. The first kappa shape index (κ1) is 21.2. The minimum absolute atomic E-state index is 0.0187. The van der Waals surface area contributed by atoms with Crippen LogP contribution < -0.4 is 10.6 Å². The van der Waals surface area contributed by atoms with Crippen LogP contribution in [0.25, 0.3) is 10.7 Å². The Hall–Kier alpha value is -3.52. The van der Waals surface area contributed by atoms with Crippen LogP contribution in [0.4, 0.5) is 16.5 Å². The summed E-state index contributed by atoms with van der Waals surface area (Å²) in [6.45, 7) is 5.88. The summed E-state index contributed by atoms with van der Waals surface area (Å²) in [6, 6.07) is 10.9. The SMILES string of the molecule is C=CCc1c(CC)nc(-c2ccc(NC=O)s2)nc1Nc1ccc(CC(=O)O)cc1. The number of rotatable bonds is 10. The zero-order chi connectivity index (χ0) is 21.5. The van der Waals surface area contributed by atoms with Gasteiger partial charge in [0.15, 0.2) is 5.82 Å². The summed E-state index contributed by atoms with van der Waals surface area (Å²) in [7, 11) is 0. The monoisotopic (exact) mass is 422 g/mol. The molecule has 0 saturated carbocycles. The second kappa shape index (κ2) is 9.80. The maximum Gasteiger partial charge on any atom is 0.307 e. The van der Waals surface area contributed by atoms with Crippen LogP contribution in [0, 0.1) is 0 Å². The van der Waals surface area contributed by atoms with Crippen LogP contribution in [0.3, 0.4) is 0 Å². The first-order chi connectivity index (χ1) is 14.5. The Morgan fingerprint density at radius 3 is 2.60 bits per heavy atom. The van der Waals surface area contributed by atoms with Crippen molar-refractivity contribution >= 4 is 40.2 Å². The second-order valence-electron chi connectivity index (χ2n) is 6.49. The number of nitrogens with zero attached hydrogens (tertiary/aromatic N) is 2. The summed E-state index contributed by atoms with van der Waals surface area (Å²) in [5.74, 6) is 0.394. The molecule has 0 unspecified atom stereocenters. The number of aliphatic carboxylic acids is 1. The van der Waals surface area contributed by atoms with E-state index in [-0.39, 0.29) is 6.42 Å². The van der Waals surface area contributed by atoms with Crippen molar-refractivity contribution in [3.8, 4) is 10.7 Å². The van der Waals surface area contributed by atoms with Crippen LogP contribution in [0.1, 0.15) is 23.7 Å². The maximum absolute atomic E-state index is 10.9. The fourth-order valence-electron chi connectivity index (χ4n) is 3.01. The predicted molar refractivity (Wildman–Crippen MR) is 119 cm³/mol. The van der Waals surface area contributed by atoms with Gasteiger partial charge in [-0.3, -0.25) is 9.59 Å². The van der Waals surface area contributed by atoms with Crippen LogP contribution in [0.5, 0.6) is 0 Å². The third-order valence-corrected chi connectivity index (χ3v) is 5.39. The Morgan fingerprint density at radius 1 is 1.20 bits per heavy atom. The van der Waals surface area contributed by atoms with Gasteiger partial charge in [-0.1, -0.05) is 25.1 Å². The van der Waals surface area contributed by atoms with Gasteiger partial charge in [0, 0.05) is 16.9 Å². The van der Waals surface area contributed by atoms with Crippen LogP contribution in [-0.4, -0.2) is 27.5 Å². The van der Waals surface area contributed by atoms with Crippen molar-refractivity contribution in [2.24, 2.45) is 0 Å². The summed E-state index contributed by atoms with van der Waals surface area (Å²) in [6.07, 6.45) is 3.79. The van der Waals surface area contributed by atoms with Gasteiger partial charge in [-0.2, -0.15) is 0 Å². The lowest BCUT2D eigenvalue weighted by molar-refractivity contribution is -0.136. The predicted octanol–water partition coefficient (Wildman–Crippen LogP) is 4.44. The van der Waals surface area contributed by atoms with E-state index < -0.39 is 5.97 Å². The molecular weight excluding hydrogens is 400 g/mol. The van der Waals surface area contributed by atoms with Gasteiger partial charge in [0.2, 0.25) is 6.41 Å². The minimum atomic E-state index is -0.864. The van der Waals surface area contributed by atoms with E-state index in [0.717, 1.165) is 38.8 Å². The molecule has 154 valence electrons. The van der Waals surface area contributed by atoms with Gasteiger partial charge in [0.05, 0.1) is 16.3 Å². The highest BCUT2D eigenvalue weighted by atomic mass is 32.1. The standard InChI is InChI=1S/C22H22N4O3S/c1-3-5-16-17(4-2)25-22(18-10-11-19(30-18)23-13-27)26-21(16)24-15-8-6-14(7-9-15)12-20(28)29/h3,6-11,13H,1,4-5,12H2,2H3,(H,23,27)(H,28,29)(H,24,25,26). The summed E-state index contributed by atoms with van der Waals surface area (Å²) in [5.41, 5.74) is 3.42. The zero-order valence-corrected chi connectivity index (χ0v) is 17.3. The van der Waals surface area contributed by atoms with Crippen molar-refractivity contribution in [2.45, 2.75) is 26.2 Å². The molecule has 0 aliphatic heterocycles. The molecule has 8 heteroatoms.